The third-order valence-corrected chi connectivity index (χ3v) is 5.50. The van der Waals surface area contributed by atoms with E-state index in [9.17, 15) is 9.18 Å². The van der Waals surface area contributed by atoms with Crippen LogP contribution in [0.1, 0.15) is 25.7 Å². The fraction of sp³-hybridized carbons (Fsp3) is 0.357. The number of nitrogens with one attached hydrogen (secondary N) is 1. The minimum Gasteiger partial charge on any atom is -0.328 e. The third-order valence-electron chi connectivity index (χ3n) is 3.26. The van der Waals surface area contributed by atoms with Crippen LogP contribution in [0, 0.1) is 5.82 Å². The Balaban J connectivity index is 1.66. The third kappa shape index (κ3) is 3.59. The highest BCUT2D eigenvalue weighted by atomic mass is 32.2. The summed E-state index contributed by atoms with van der Waals surface area (Å²) in [6, 6.07) is 6.42. The number of aromatic nitrogens is 2. The number of halogens is 1. The molecule has 1 fully saturated rings. The zero-order valence-corrected chi connectivity index (χ0v) is 12.8. The molecule has 0 bridgehead atoms. The lowest BCUT2D eigenvalue weighted by atomic mass is 9.99. The first-order chi connectivity index (χ1) is 10.2. The zero-order chi connectivity index (χ0) is 14.7. The van der Waals surface area contributed by atoms with E-state index in [0.29, 0.717) is 23.0 Å². The van der Waals surface area contributed by atoms with E-state index in [0.717, 1.165) is 23.6 Å². The van der Waals surface area contributed by atoms with E-state index in [-0.39, 0.29) is 11.1 Å². The summed E-state index contributed by atoms with van der Waals surface area (Å²) >= 11 is 2.81. The van der Waals surface area contributed by atoms with E-state index in [1.165, 1.54) is 29.2 Å². The highest BCUT2D eigenvalue weighted by Crippen LogP contribution is 2.35. The van der Waals surface area contributed by atoms with Gasteiger partial charge in [-0.05, 0) is 25.0 Å². The fourth-order valence-corrected chi connectivity index (χ4v) is 4.32. The Hall–Kier alpha value is -1.47. The van der Waals surface area contributed by atoms with E-state index in [4.69, 9.17) is 0 Å². The predicted octanol–water partition coefficient (Wildman–Crippen LogP) is 4.02. The van der Waals surface area contributed by atoms with Crippen molar-refractivity contribution in [3.63, 3.8) is 0 Å². The van der Waals surface area contributed by atoms with Crippen LogP contribution in [0.25, 0.3) is 0 Å². The molecule has 1 atom stereocenters. The molecule has 0 aliphatic heterocycles. The molecule has 7 heteroatoms. The number of nitrogens with zero attached hydrogens (tertiary/aromatic N) is 2. The fourth-order valence-electron chi connectivity index (χ4n) is 2.18. The van der Waals surface area contributed by atoms with E-state index in [1.807, 2.05) is 0 Å². The minimum atomic E-state index is -0.329. The van der Waals surface area contributed by atoms with Gasteiger partial charge in [0.15, 0.2) is 4.34 Å². The second-order valence-corrected chi connectivity index (χ2v) is 7.22. The number of thioether (sulfide) groups is 1. The lowest BCUT2D eigenvalue weighted by Crippen LogP contribution is -2.21. The number of Topliss-reactive ketones (excluding diaryl/α,β-unsaturated/α-hetero) is 1. The molecule has 21 heavy (non-hydrogen) atoms. The Kier molecular flexibility index (Phi) is 4.50. The highest BCUT2D eigenvalue weighted by Gasteiger charge is 2.24. The van der Waals surface area contributed by atoms with Gasteiger partial charge in [0, 0.05) is 6.42 Å². The molecule has 1 aromatic carbocycles. The second kappa shape index (κ2) is 6.53. The first-order valence-electron chi connectivity index (χ1n) is 6.77. The smallest absolute Gasteiger partial charge is 0.210 e. The van der Waals surface area contributed by atoms with E-state index in [2.05, 4.69) is 15.5 Å². The van der Waals surface area contributed by atoms with Gasteiger partial charge in [0.25, 0.3) is 0 Å². The van der Waals surface area contributed by atoms with Crippen LogP contribution in [0.5, 0.6) is 0 Å². The molecule has 0 radical (unpaired) electrons. The lowest BCUT2D eigenvalue weighted by Gasteiger charge is -2.17. The maximum absolute atomic E-state index is 13.6. The van der Waals surface area contributed by atoms with Crippen molar-refractivity contribution in [1.29, 1.82) is 0 Å². The predicted molar refractivity (Wildman–Crippen MR) is 82.7 cm³/mol. The summed E-state index contributed by atoms with van der Waals surface area (Å²) in [5.41, 5.74) is 0.374. The van der Waals surface area contributed by atoms with Crippen molar-refractivity contribution < 1.29 is 9.18 Å². The quantitative estimate of drug-likeness (QED) is 0.921. The molecule has 4 nitrogen and oxygen atoms in total. The molecular formula is C14H14FN3OS2. The first kappa shape index (κ1) is 14.5. The number of anilines is 2. The number of ketones is 1. The summed E-state index contributed by atoms with van der Waals surface area (Å²) in [5.74, 6) is -0.0329. The number of carbonyl (C=O) groups excluding carboxylic acids is 1. The summed E-state index contributed by atoms with van der Waals surface area (Å²) in [7, 11) is 0. The number of benzene rings is 1. The zero-order valence-electron chi connectivity index (χ0n) is 11.2. The standard InChI is InChI=1S/C14H14FN3OS2/c15-9-5-1-2-6-10(9)16-13-17-18-14(21-13)20-12-8-4-3-7-11(12)19/h1-2,5-6,12H,3-4,7-8H2,(H,16,17)/t12-/m1/s1. The Bertz CT molecular complexity index is 647. The van der Waals surface area contributed by atoms with Gasteiger partial charge in [-0.1, -0.05) is 41.7 Å². The summed E-state index contributed by atoms with van der Waals surface area (Å²) < 4.78 is 14.3. The van der Waals surface area contributed by atoms with Crippen LogP contribution in [0.2, 0.25) is 0 Å². The molecule has 1 aromatic heterocycles. The maximum Gasteiger partial charge on any atom is 0.210 e. The number of carbonyl (C=O) groups is 1. The van der Waals surface area contributed by atoms with Crippen molar-refractivity contribution in [1.82, 2.24) is 10.2 Å². The van der Waals surface area contributed by atoms with Crippen LogP contribution in [0.15, 0.2) is 28.6 Å². The Morgan fingerprint density at radius 3 is 2.95 bits per heavy atom. The van der Waals surface area contributed by atoms with Crippen LogP contribution >= 0.6 is 23.1 Å². The second-order valence-electron chi connectivity index (χ2n) is 4.80. The van der Waals surface area contributed by atoms with Gasteiger partial charge in [0.1, 0.15) is 11.6 Å². The van der Waals surface area contributed by atoms with Crippen molar-refractivity contribution in [2.24, 2.45) is 0 Å². The van der Waals surface area contributed by atoms with Gasteiger partial charge in [-0.25, -0.2) is 4.39 Å². The topological polar surface area (TPSA) is 54.9 Å². The molecule has 1 saturated carbocycles. The SMILES string of the molecule is O=C1CCCC[C@H]1Sc1nnc(Nc2ccccc2F)s1. The molecule has 0 unspecified atom stereocenters. The van der Waals surface area contributed by atoms with Crippen molar-refractivity contribution in [2.75, 3.05) is 5.32 Å². The number of hydrogen-bond donors (Lipinski definition) is 1. The van der Waals surface area contributed by atoms with Crippen molar-refractivity contribution in [3.8, 4) is 0 Å². The molecule has 110 valence electrons. The molecule has 1 N–H and O–H groups in total. The van der Waals surface area contributed by atoms with Crippen molar-refractivity contribution in [3.05, 3.63) is 30.1 Å². The van der Waals surface area contributed by atoms with E-state index >= 15 is 0 Å². The Morgan fingerprint density at radius 2 is 2.14 bits per heavy atom. The summed E-state index contributed by atoms with van der Waals surface area (Å²) in [6.07, 6.45) is 3.64. The largest absolute Gasteiger partial charge is 0.328 e. The summed E-state index contributed by atoms with van der Waals surface area (Å²) in [4.78, 5) is 11.8. The minimum absolute atomic E-state index is 0.00647. The highest BCUT2D eigenvalue weighted by molar-refractivity contribution is 8.02. The van der Waals surface area contributed by atoms with E-state index < -0.39 is 0 Å². The maximum atomic E-state index is 13.6. The van der Waals surface area contributed by atoms with Gasteiger partial charge < -0.3 is 5.32 Å². The van der Waals surface area contributed by atoms with Gasteiger partial charge in [-0.15, -0.1) is 10.2 Å². The molecule has 1 heterocycles. The van der Waals surface area contributed by atoms with Gasteiger partial charge in [0.2, 0.25) is 5.13 Å². The van der Waals surface area contributed by atoms with Crippen LogP contribution in [0.4, 0.5) is 15.2 Å². The van der Waals surface area contributed by atoms with Crippen molar-refractivity contribution >= 4 is 39.7 Å². The average Bonchev–Trinajstić information content (AvgIpc) is 2.91. The number of hydrogen-bond acceptors (Lipinski definition) is 6. The number of para-hydroxylation sites is 1. The van der Waals surface area contributed by atoms with Gasteiger partial charge in [-0.2, -0.15) is 0 Å². The van der Waals surface area contributed by atoms with Gasteiger partial charge >= 0.3 is 0 Å². The van der Waals surface area contributed by atoms with Gasteiger partial charge in [-0.3, -0.25) is 4.79 Å². The van der Waals surface area contributed by atoms with Crippen molar-refractivity contribution in [2.45, 2.75) is 35.3 Å². The molecular weight excluding hydrogens is 309 g/mol. The van der Waals surface area contributed by atoms with Crippen LogP contribution in [0.3, 0.4) is 0 Å². The normalized spacial score (nSPS) is 18.7. The van der Waals surface area contributed by atoms with E-state index in [1.54, 1.807) is 18.2 Å². The molecule has 0 spiro atoms. The van der Waals surface area contributed by atoms with Crippen LogP contribution < -0.4 is 5.32 Å². The van der Waals surface area contributed by atoms with Crippen LogP contribution in [-0.2, 0) is 4.79 Å². The molecule has 3 rings (SSSR count). The summed E-state index contributed by atoms with van der Waals surface area (Å²) in [5, 5.41) is 11.5. The van der Waals surface area contributed by atoms with Crippen LogP contribution in [-0.4, -0.2) is 21.2 Å². The molecule has 1 aliphatic carbocycles. The van der Waals surface area contributed by atoms with Gasteiger partial charge in [0.05, 0.1) is 10.9 Å². The first-order valence-corrected chi connectivity index (χ1v) is 8.46. The average molecular weight is 323 g/mol. The Morgan fingerprint density at radius 1 is 1.29 bits per heavy atom. The molecule has 0 saturated heterocycles. The molecule has 1 aliphatic rings. The monoisotopic (exact) mass is 323 g/mol. The summed E-state index contributed by atoms with van der Waals surface area (Å²) in [6.45, 7) is 0. The Labute approximate surface area is 130 Å². The molecule has 2 aromatic rings. The lowest BCUT2D eigenvalue weighted by molar-refractivity contribution is -0.119. The molecule has 0 amide bonds. The number of rotatable bonds is 4.